The van der Waals surface area contributed by atoms with Crippen molar-refractivity contribution in [3.63, 3.8) is 0 Å². The molecule has 3 rings (SSSR count). The lowest BCUT2D eigenvalue weighted by Crippen LogP contribution is -2.33. The monoisotopic (exact) mass is 327 g/mol. The van der Waals surface area contributed by atoms with Gasteiger partial charge in [-0.15, -0.1) is 0 Å². The summed E-state index contributed by atoms with van der Waals surface area (Å²) < 4.78 is 1.40. The Labute approximate surface area is 137 Å². The molecule has 0 radical (unpaired) electrons. The fourth-order valence-corrected chi connectivity index (χ4v) is 2.32. The second kappa shape index (κ2) is 6.20. The molecule has 0 saturated carbocycles. The Morgan fingerprint density at radius 2 is 1.70 bits per heavy atom. The molecule has 0 aliphatic heterocycles. The van der Waals surface area contributed by atoms with Gasteiger partial charge in [0.25, 0.3) is 5.95 Å². The first-order chi connectivity index (χ1) is 11.1. The van der Waals surface area contributed by atoms with E-state index in [4.69, 9.17) is 17.4 Å². The molecular formula is C16H14ClN5O. The van der Waals surface area contributed by atoms with E-state index in [9.17, 15) is 4.79 Å². The second-order valence-corrected chi connectivity index (χ2v) is 5.31. The molecule has 0 atom stereocenters. The van der Waals surface area contributed by atoms with E-state index in [1.54, 1.807) is 31.2 Å². The molecule has 2 aromatic carbocycles. The number of para-hydroxylation sites is 1. The minimum Gasteiger partial charge on any atom is -0.248 e. The number of hydrogen-bond donors (Lipinski definition) is 1. The van der Waals surface area contributed by atoms with Crippen LogP contribution in [0.25, 0.3) is 5.69 Å². The molecule has 3 aromatic rings. The van der Waals surface area contributed by atoms with Crippen molar-refractivity contribution in [2.45, 2.75) is 6.92 Å². The lowest BCUT2D eigenvalue weighted by atomic mass is 10.3. The Balaban J connectivity index is 2.04. The van der Waals surface area contributed by atoms with Gasteiger partial charge in [0.05, 0.1) is 11.4 Å². The van der Waals surface area contributed by atoms with E-state index in [1.165, 1.54) is 9.58 Å². The van der Waals surface area contributed by atoms with Gasteiger partial charge in [-0.1, -0.05) is 29.8 Å². The summed E-state index contributed by atoms with van der Waals surface area (Å²) in [6.45, 7) is 1.72. The minimum atomic E-state index is -0.457. The van der Waals surface area contributed by atoms with Crippen molar-refractivity contribution < 1.29 is 0 Å². The first-order valence-corrected chi connectivity index (χ1v) is 7.27. The molecule has 116 valence electrons. The standard InChI is InChI=1S/C16H14ClN5O/c1-11-19-15(22(18)14-5-3-2-4-6-14)20-16(23)21(11)13-9-7-12(17)8-10-13/h2-10H,18H2,1H3. The lowest BCUT2D eigenvalue weighted by molar-refractivity contribution is 0.791. The molecule has 0 fully saturated rings. The normalized spacial score (nSPS) is 10.6. The number of benzene rings is 2. The van der Waals surface area contributed by atoms with E-state index in [-0.39, 0.29) is 5.95 Å². The molecule has 0 aliphatic carbocycles. The molecule has 0 unspecified atom stereocenters. The molecule has 1 heterocycles. The molecule has 7 heteroatoms. The highest BCUT2D eigenvalue weighted by Gasteiger charge is 2.13. The Morgan fingerprint density at radius 1 is 1.04 bits per heavy atom. The summed E-state index contributed by atoms with van der Waals surface area (Å²) in [5.41, 5.74) is 0.878. The van der Waals surface area contributed by atoms with E-state index < -0.39 is 5.69 Å². The highest BCUT2D eigenvalue weighted by atomic mass is 35.5. The summed E-state index contributed by atoms with van der Waals surface area (Å²) in [6, 6.07) is 16.1. The molecule has 6 nitrogen and oxygen atoms in total. The molecule has 1 aromatic heterocycles. The number of rotatable bonds is 3. The van der Waals surface area contributed by atoms with E-state index in [1.807, 2.05) is 30.3 Å². The van der Waals surface area contributed by atoms with Crippen LogP contribution in [0.3, 0.4) is 0 Å². The number of nitrogens with zero attached hydrogens (tertiary/aromatic N) is 4. The van der Waals surface area contributed by atoms with Gasteiger partial charge in [0.15, 0.2) is 0 Å². The number of aromatic nitrogens is 3. The van der Waals surface area contributed by atoms with Crippen LogP contribution in [0.1, 0.15) is 5.82 Å². The molecule has 0 amide bonds. The van der Waals surface area contributed by atoms with Gasteiger partial charge < -0.3 is 0 Å². The van der Waals surface area contributed by atoms with Crippen molar-refractivity contribution in [1.29, 1.82) is 0 Å². The summed E-state index contributed by atoms with van der Waals surface area (Å²) >= 11 is 5.87. The molecule has 0 aliphatic rings. The maximum atomic E-state index is 12.4. The van der Waals surface area contributed by atoms with Crippen molar-refractivity contribution in [3.05, 3.63) is 75.9 Å². The molecule has 0 spiro atoms. The van der Waals surface area contributed by atoms with Crippen molar-refractivity contribution in [2.24, 2.45) is 5.84 Å². The van der Waals surface area contributed by atoms with Crippen molar-refractivity contribution >= 4 is 23.2 Å². The minimum absolute atomic E-state index is 0.143. The van der Waals surface area contributed by atoms with Crippen LogP contribution in [-0.4, -0.2) is 14.5 Å². The van der Waals surface area contributed by atoms with Crippen LogP contribution in [0.4, 0.5) is 11.6 Å². The van der Waals surface area contributed by atoms with Crippen LogP contribution >= 0.6 is 11.6 Å². The van der Waals surface area contributed by atoms with Crippen molar-refractivity contribution in [3.8, 4) is 5.69 Å². The number of anilines is 2. The van der Waals surface area contributed by atoms with Gasteiger partial charge in [-0.05, 0) is 43.3 Å². The predicted molar refractivity (Wildman–Crippen MR) is 90.1 cm³/mol. The smallest absolute Gasteiger partial charge is 0.248 e. The number of hydrazine groups is 1. The largest absolute Gasteiger partial charge is 0.356 e. The van der Waals surface area contributed by atoms with Crippen LogP contribution in [0, 0.1) is 6.92 Å². The topological polar surface area (TPSA) is 77.0 Å². The highest BCUT2D eigenvalue weighted by molar-refractivity contribution is 6.30. The maximum absolute atomic E-state index is 12.4. The van der Waals surface area contributed by atoms with Crippen LogP contribution in [0.5, 0.6) is 0 Å². The zero-order chi connectivity index (χ0) is 16.4. The van der Waals surface area contributed by atoms with Crippen LogP contribution in [-0.2, 0) is 0 Å². The third-order valence-corrected chi connectivity index (χ3v) is 3.56. The number of hydrogen-bond acceptors (Lipinski definition) is 5. The quantitative estimate of drug-likeness (QED) is 0.591. The SMILES string of the molecule is Cc1nc(N(N)c2ccccc2)nc(=O)n1-c1ccc(Cl)cc1. The molecular weight excluding hydrogens is 314 g/mol. The molecule has 2 N–H and O–H groups in total. The summed E-state index contributed by atoms with van der Waals surface area (Å²) in [7, 11) is 0. The van der Waals surface area contributed by atoms with E-state index in [0.717, 1.165) is 0 Å². The van der Waals surface area contributed by atoms with Gasteiger partial charge >= 0.3 is 5.69 Å². The Bertz CT molecular complexity index is 877. The summed E-state index contributed by atoms with van der Waals surface area (Å²) in [5.74, 6) is 6.63. The van der Waals surface area contributed by atoms with Crippen LogP contribution in [0.15, 0.2) is 59.4 Å². The van der Waals surface area contributed by atoms with Gasteiger partial charge in [-0.25, -0.2) is 20.2 Å². The van der Waals surface area contributed by atoms with E-state index in [0.29, 0.717) is 22.2 Å². The first-order valence-electron chi connectivity index (χ1n) is 6.90. The average molecular weight is 328 g/mol. The third kappa shape index (κ3) is 3.08. The summed E-state index contributed by atoms with van der Waals surface area (Å²) in [4.78, 5) is 20.7. The van der Waals surface area contributed by atoms with E-state index >= 15 is 0 Å². The van der Waals surface area contributed by atoms with Gasteiger partial charge in [0.1, 0.15) is 5.82 Å². The fourth-order valence-electron chi connectivity index (χ4n) is 2.19. The third-order valence-electron chi connectivity index (χ3n) is 3.31. The number of nitrogens with two attached hydrogens (primary N) is 1. The Morgan fingerprint density at radius 3 is 2.30 bits per heavy atom. The Hall–Kier alpha value is -2.70. The van der Waals surface area contributed by atoms with E-state index in [2.05, 4.69) is 9.97 Å². The van der Waals surface area contributed by atoms with Crippen molar-refractivity contribution in [1.82, 2.24) is 14.5 Å². The zero-order valence-corrected chi connectivity index (χ0v) is 13.1. The highest BCUT2D eigenvalue weighted by Crippen LogP contribution is 2.18. The Kier molecular flexibility index (Phi) is 4.10. The summed E-state index contributed by atoms with van der Waals surface area (Å²) in [6.07, 6.45) is 0. The van der Waals surface area contributed by atoms with Gasteiger partial charge in [-0.3, -0.25) is 0 Å². The summed E-state index contributed by atoms with van der Waals surface area (Å²) in [5, 5.41) is 1.87. The van der Waals surface area contributed by atoms with Gasteiger partial charge in [-0.2, -0.15) is 9.97 Å². The second-order valence-electron chi connectivity index (χ2n) is 4.87. The van der Waals surface area contributed by atoms with Crippen LogP contribution < -0.4 is 16.5 Å². The molecule has 23 heavy (non-hydrogen) atoms. The average Bonchev–Trinajstić information content (AvgIpc) is 2.56. The van der Waals surface area contributed by atoms with Crippen LogP contribution in [0.2, 0.25) is 5.02 Å². The molecule has 0 saturated heterocycles. The molecule has 0 bridgehead atoms. The fraction of sp³-hybridized carbons (Fsp3) is 0.0625. The van der Waals surface area contributed by atoms with Gasteiger partial charge in [0, 0.05) is 5.02 Å². The maximum Gasteiger partial charge on any atom is 0.356 e. The number of halogens is 1. The number of aryl methyl sites for hydroxylation is 1. The zero-order valence-electron chi connectivity index (χ0n) is 12.3. The lowest BCUT2D eigenvalue weighted by Gasteiger charge is -2.17. The van der Waals surface area contributed by atoms with Crippen molar-refractivity contribution in [2.75, 3.05) is 5.01 Å². The van der Waals surface area contributed by atoms with Gasteiger partial charge in [0.2, 0.25) is 0 Å². The predicted octanol–water partition coefficient (Wildman–Crippen LogP) is 2.60. The first kappa shape index (κ1) is 15.2.